The predicted molar refractivity (Wildman–Crippen MR) is 69.5 cm³/mol. The van der Waals surface area contributed by atoms with Gasteiger partial charge in [-0.1, -0.05) is 0 Å². The van der Waals surface area contributed by atoms with Crippen LogP contribution in [0.3, 0.4) is 0 Å². The molecule has 1 aromatic rings. The second-order valence-electron chi connectivity index (χ2n) is 4.44. The molecule has 1 aromatic carbocycles. The number of hydrogen-bond donors (Lipinski definition) is 1. The van der Waals surface area contributed by atoms with E-state index >= 15 is 0 Å². The zero-order valence-corrected chi connectivity index (χ0v) is 12.0. The minimum Gasteiger partial charge on any atom is -0.327 e. The van der Waals surface area contributed by atoms with Gasteiger partial charge in [0.05, 0.1) is 0 Å². The quantitative estimate of drug-likeness (QED) is 0.838. The van der Waals surface area contributed by atoms with Gasteiger partial charge in [-0.2, -0.15) is 4.31 Å². The summed E-state index contributed by atoms with van der Waals surface area (Å²) in [6.45, 7) is 0.231. The maximum atomic E-state index is 13.6. The highest BCUT2D eigenvalue weighted by Gasteiger charge is 2.32. The summed E-state index contributed by atoms with van der Waals surface area (Å²) >= 11 is 0. The molecule has 9 heteroatoms. The second kappa shape index (κ2) is 6.30. The van der Waals surface area contributed by atoms with Crippen molar-refractivity contribution in [1.29, 1.82) is 0 Å². The van der Waals surface area contributed by atoms with Crippen molar-refractivity contribution >= 4 is 22.4 Å². The minimum absolute atomic E-state index is 0. The summed E-state index contributed by atoms with van der Waals surface area (Å²) in [7, 11) is -4.19. The molecule has 4 nitrogen and oxygen atoms in total. The number of sulfonamides is 1. The highest BCUT2D eigenvalue weighted by molar-refractivity contribution is 7.89. The Kier molecular flexibility index (Phi) is 5.42. The molecule has 2 rings (SSSR count). The Morgan fingerprint density at radius 2 is 1.85 bits per heavy atom. The lowest BCUT2D eigenvalue weighted by atomic mass is 10.1. The van der Waals surface area contributed by atoms with Crippen LogP contribution in [0.15, 0.2) is 17.0 Å². The third-order valence-corrected chi connectivity index (χ3v) is 4.92. The van der Waals surface area contributed by atoms with Crippen LogP contribution in [0.25, 0.3) is 0 Å². The Morgan fingerprint density at radius 3 is 2.45 bits per heavy atom. The van der Waals surface area contributed by atoms with E-state index in [0.29, 0.717) is 18.9 Å². The molecule has 1 fully saturated rings. The van der Waals surface area contributed by atoms with Crippen molar-refractivity contribution in [2.45, 2.75) is 23.8 Å². The highest BCUT2D eigenvalue weighted by atomic mass is 35.5. The summed E-state index contributed by atoms with van der Waals surface area (Å²) in [5.41, 5.74) is 5.66. The average molecular weight is 331 g/mol. The fourth-order valence-electron chi connectivity index (χ4n) is 2.04. The molecule has 1 aliphatic rings. The van der Waals surface area contributed by atoms with Crippen molar-refractivity contribution in [1.82, 2.24) is 4.31 Å². The Labute approximate surface area is 121 Å². The lowest BCUT2D eigenvalue weighted by Gasteiger charge is -2.29. The first-order valence-corrected chi connectivity index (χ1v) is 7.17. The Bertz CT molecular complexity index is 598. The average Bonchev–Trinajstić information content (AvgIpc) is 2.36. The van der Waals surface area contributed by atoms with Gasteiger partial charge < -0.3 is 5.73 Å². The number of hydrogen-bond acceptors (Lipinski definition) is 3. The largest absolute Gasteiger partial charge is 0.327 e. The maximum Gasteiger partial charge on any atom is 0.246 e. The second-order valence-corrected chi connectivity index (χ2v) is 6.35. The number of benzene rings is 1. The van der Waals surface area contributed by atoms with E-state index in [1.54, 1.807) is 0 Å². The lowest BCUT2D eigenvalue weighted by Crippen LogP contribution is -2.45. The maximum absolute atomic E-state index is 13.6. The molecule has 0 bridgehead atoms. The van der Waals surface area contributed by atoms with Gasteiger partial charge in [-0.15, -0.1) is 12.4 Å². The number of nitrogens with two attached hydrogens (primary N) is 1. The first-order valence-electron chi connectivity index (χ1n) is 5.73. The summed E-state index contributed by atoms with van der Waals surface area (Å²) in [6, 6.07) is 0.982. The van der Waals surface area contributed by atoms with E-state index < -0.39 is 32.4 Å². The topological polar surface area (TPSA) is 63.4 Å². The van der Waals surface area contributed by atoms with Crippen LogP contribution in [0.4, 0.5) is 13.2 Å². The molecule has 20 heavy (non-hydrogen) atoms. The van der Waals surface area contributed by atoms with Gasteiger partial charge in [0.2, 0.25) is 10.0 Å². The summed E-state index contributed by atoms with van der Waals surface area (Å²) in [6.07, 6.45) is 1.22. The van der Waals surface area contributed by atoms with Crippen molar-refractivity contribution in [3.8, 4) is 0 Å². The van der Waals surface area contributed by atoms with Crippen LogP contribution in [0, 0.1) is 17.5 Å². The smallest absolute Gasteiger partial charge is 0.246 e. The van der Waals surface area contributed by atoms with Gasteiger partial charge in [0.25, 0.3) is 0 Å². The number of rotatable bonds is 2. The molecule has 114 valence electrons. The van der Waals surface area contributed by atoms with Crippen molar-refractivity contribution in [2.24, 2.45) is 5.73 Å². The van der Waals surface area contributed by atoms with E-state index in [0.717, 1.165) is 10.4 Å². The number of nitrogens with zero attached hydrogens (tertiary/aromatic N) is 1. The van der Waals surface area contributed by atoms with Gasteiger partial charge in [-0.05, 0) is 25.0 Å². The molecule has 0 saturated carbocycles. The van der Waals surface area contributed by atoms with E-state index in [9.17, 15) is 21.6 Å². The Morgan fingerprint density at radius 1 is 1.20 bits per heavy atom. The molecule has 1 aliphatic heterocycles. The third kappa shape index (κ3) is 3.08. The van der Waals surface area contributed by atoms with E-state index in [4.69, 9.17) is 5.73 Å². The van der Waals surface area contributed by atoms with E-state index in [1.165, 1.54) is 0 Å². The van der Waals surface area contributed by atoms with E-state index in [1.807, 2.05) is 0 Å². The lowest BCUT2D eigenvalue weighted by molar-refractivity contribution is 0.314. The molecular formula is C11H14ClF3N2O2S. The van der Waals surface area contributed by atoms with Gasteiger partial charge in [0, 0.05) is 19.1 Å². The summed E-state index contributed by atoms with van der Waals surface area (Å²) in [5.74, 6) is -4.91. The van der Waals surface area contributed by atoms with Crippen molar-refractivity contribution in [3.63, 3.8) is 0 Å². The van der Waals surface area contributed by atoms with E-state index in [2.05, 4.69) is 0 Å². The summed E-state index contributed by atoms with van der Waals surface area (Å²) < 4.78 is 64.8. The fourth-order valence-corrected chi connectivity index (χ4v) is 3.63. The third-order valence-electron chi connectivity index (χ3n) is 3.04. The van der Waals surface area contributed by atoms with Gasteiger partial charge in [-0.3, -0.25) is 0 Å². The van der Waals surface area contributed by atoms with Crippen molar-refractivity contribution < 1.29 is 21.6 Å². The van der Waals surface area contributed by atoms with Crippen LogP contribution in [-0.2, 0) is 10.0 Å². The zero-order chi connectivity index (χ0) is 14.2. The van der Waals surface area contributed by atoms with Gasteiger partial charge >= 0.3 is 0 Å². The molecule has 0 spiro atoms. The van der Waals surface area contributed by atoms with Crippen molar-refractivity contribution in [3.05, 3.63) is 29.6 Å². The first kappa shape index (κ1) is 17.2. The standard InChI is InChI=1S/C11H13F3N2O2S.ClH/c12-8-3-4-9(11(14)10(8)13)19(17,18)16-5-1-2-7(15)6-16;/h3-4,7H,1-2,5-6,15H2;1H/t7-;/m1./s1. The van der Waals surface area contributed by atoms with Crippen molar-refractivity contribution in [2.75, 3.05) is 13.1 Å². The van der Waals surface area contributed by atoms with Gasteiger partial charge in [-0.25, -0.2) is 21.6 Å². The Balaban J connectivity index is 0.00000200. The molecule has 0 unspecified atom stereocenters. The molecule has 0 amide bonds. The van der Waals surface area contributed by atoms with Crippen LogP contribution in [0.1, 0.15) is 12.8 Å². The van der Waals surface area contributed by atoms with Crippen LogP contribution < -0.4 is 5.73 Å². The fraction of sp³-hybridized carbons (Fsp3) is 0.455. The molecule has 0 aromatic heterocycles. The zero-order valence-electron chi connectivity index (χ0n) is 10.4. The monoisotopic (exact) mass is 330 g/mol. The molecule has 0 aliphatic carbocycles. The van der Waals surface area contributed by atoms with Crippen LogP contribution in [0.2, 0.25) is 0 Å². The molecule has 1 saturated heterocycles. The summed E-state index contributed by atoms with van der Waals surface area (Å²) in [4.78, 5) is -0.861. The number of piperidine rings is 1. The first-order chi connectivity index (χ1) is 8.84. The van der Waals surface area contributed by atoms with Crippen LogP contribution in [-0.4, -0.2) is 31.9 Å². The normalized spacial score (nSPS) is 20.5. The SMILES string of the molecule is Cl.N[C@@H]1CCCN(S(=O)(=O)c2ccc(F)c(F)c2F)C1. The highest BCUT2D eigenvalue weighted by Crippen LogP contribution is 2.25. The molecule has 2 N–H and O–H groups in total. The Hall–Kier alpha value is -0.830. The van der Waals surface area contributed by atoms with E-state index in [-0.39, 0.29) is 31.5 Å². The molecule has 1 atom stereocenters. The van der Waals surface area contributed by atoms with Crippen LogP contribution >= 0.6 is 12.4 Å². The van der Waals surface area contributed by atoms with Gasteiger partial charge in [0.1, 0.15) is 4.90 Å². The molecule has 1 heterocycles. The van der Waals surface area contributed by atoms with Crippen LogP contribution in [0.5, 0.6) is 0 Å². The molecule has 0 radical (unpaired) electrons. The predicted octanol–water partition coefficient (Wildman–Crippen LogP) is 1.64. The number of halogens is 4. The minimum atomic E-state index is -4.19. The summed E-state index contributed by atoms with van der Waals surface area (Å²) in [5, 5.41) is 0. The van der Waals surface area contributed by atoms with Gasteiger partial charge in [0.15, 0.2) is 17.5 Å². The molecular weight excluding hydrogens is 317 g/mol.